The molecule has 2 nitrogen and oxygen atoms in total. The molecule has 0 unspecified atom stereocenters. The molecule has 0 aromatic carbocycles. The molecule has 0 aliphatic carbocycles. The van der Waals surface area contributed by atoms with E-state index in [0.29, 0.717) is 0 Å². The second-order valence-electron chi connectivity index (χ2n) is 2.76. The number of hydrogen-bond acceptors (Lipinski definition) is 0. The van der Waals surface area contributed by atoms with Crippen LogP contribution in [-0.4, -0.2) is 26.2 Å². The molecule has 0 saturated carbocycles. The molecule has 0 aromatic rings. The first-order chi connectivity index (χ1) is 5.00. The quantitative estimate of drug-likeness (QED) is 0.596. The average Bonchev–Trinajstić information content (AvgIpc) is 2.67. The zero-order valence-corrected chi connectivity index (χ0v) is 11.5. The van der Waals surface area contributed by atoms with Crippen LogP contribution in [0, 0.1) is 0 Å². The Morgan fingerprint density at radius 1 is 0.538 bits per heavy atom. The van der Waals surface area contributed by atoms with Gasteiger partial charge in [-0.2, -0.15) is 0 Å². The van der Waals surface area contributed by atoms with Crippen LogP contribution in [0.25, 0.3) is 10.6 Å². The Kier molecular flexibility index (Phi) is 22.4. The van der Waals surface area contributed by atoms with Crippen molar-refractivity contribution >= 4 is 0 Å². The number of hydrogen-bond donors (Lipinski definition) is 0. The van der Waals surface area contributed by atoms with Crippen LogP contribution in [0.15, 0.2) is 0 Å². The fraction of sp³-hybridized carbons (Fsp3) is 1.00. The van der Waals surface area contributed by atoms with E-state index in [9.17, 15) is 0 Å². The maximum Gasteiger partial charge on any atom is 0 e. The summed E-state index contributed by atoms with van der Waals surface area (Å²) in [5, 5.41) is 8.17. The summed E-state index contributed by atoms with van der Waals surface area (Å²) >= 11 is 0. The SMILES string of the molecule is C1CC[N-]C1.C1CC[N-]C1.F.F.[Hf]. The summed E-state index contributed by atoms with van der Waals surface area (Å²) in [6.07, 6.45) is 5.33. The van der Waals surface area contributed by atoms with E-state index in [4.69, 9.17) is 0 Å². The summed E-state index contributed by atoms with van der Waals surface area (Å²) in [7, 11) is 0. The van der Waals surface area contributed by atoms with Crippen LogP contribution >= 0.6 is 0 Å². The summed E-state index contributed by atoms with van der Waals surface area (Å²) in [6, 6.07) is 0. The molecule has 0 spiro atoms. The Hall–Kier alpha value is 0.650. The van der Waals surface area contributed by atoms with Crippen molar-refractivity contribution in [3.05, 3.63) is 10.6 Å². The zero-order valence-electron chi connectivity index (χ0n) is 7.87. The van der Waals surface area contributed by atoms with E-state index >= 15 is 0 Å². The van der Waals surface area contributed by atoms with Gasteiger partial charge in [-0.3, -0.25) is 9.41 Å². The first-order valence-corrected chi connectivity index (χ1v) is 4.26. The zero-order chi connectivity index (χ0) is 7.07. The van der Waals surface area contributed by atoms with Crippen molar-refractivity contribution in [2.24, 2.45) is 0 Å². The van der Waals surface area contributed by atoms with Gasteiger partial charge in [0.25, 0.3) is 0 Å². The monoisotopic (exact) mass is 360 g/mol. The Labute approximate surface area is 97.8 Å². The van der Waals surface area contributed by atoms with Crippen LogP contribution in [0.1, 0.15) is 25.7 Å². The molecule has 2 heterocycles. The Balaban J connectivity index is -0.000000125. The Bertz CT molecular complexity index is 53.3. The Morgan fingerprint density at radius 3 is 0.846 bits per heavy atom. The number of halogens is 2. The van der Waals surface area contributed by atoms with Crippen LogP contribution in [0.4, 0.5) is 9.41 Å². The molecule has 2 aliphatic rings. The van der Waals surface area contributed by atoms with Gasteiger partial charge in [0.05, 0.1) is 0 Å². The van der Waals surface area contributed by atoms with Crippen molar-refractivity contribution < 1.29 is 35.3 Å². The van der Waals surface area contributed by atoms with Gasteiger partial charge in [-0.25, -0.2) is 0 Å². The van der Waals surface area contributed by atoms with E-state index in [1.165, 1.54) is 25.7 Å². The van der Waals surface area contributed by atoms with Crippen LogP contribution < -0.4 is 0 Å². The van der Waals surface area contributed by atoms with Crippen LogP contribution in [0.3, 0.4) is 0 Å². The molecule has 2 fully saturated rings. The van der Waals surface area contributed by atoms with E-state index in [1.54, 1.807) is 0 Å². The van der Waals surface area contributed by atoms with Crippen molar-refractivity contribution in [2.75, 3.05) is 26.2 Å². The molecule has 0 aromatic heterocycles. The molecule has 80 valence electrons. The second kappa shape index (κ2) is 15.1. The summed E-state index contributed by atoms with van der Waals surface area (Å²) in [5.74, 6) is 0. The molecule has 13 heavy (non-hydrogen) atoms. The maximum atomic E-state index is 4.08. The smallest absolute Gasteiger partial charge is 0 e. The van der Waals surface area contributed by atoms with E-state index in [0.717, 1.165) is 26.2 Å². The van der Waals surface area contributed by atoms with Crippen molar-refractivity contribution in [1.29, 1.82) is 0 Å². The largest absolute Gasteiger partial charge is 0.662 e. The standard InChI is InChI=1S/2C4H8N.2FH.Hf/c2*1-2-4-5-3-1;;;/h2*1-4H2;2*1H;/q2*-1;;;. The molecule has 2 rings (SSSR count). The van der Waals surface area contributed by atoms with Crippen LogP contribution in [0.5, 0.6) is 0 Å². The summed E-state index contributed by atoms with van der Waals surface area (Å²) in [6.45, 7) is 4.50. The first kappa shape index (κ1) is 19.3. The van der Waals surface area contributed by atoms with Gasteiger partial charge in [0.2, 0.25) is 0 Å². The fourth-order valence-electron chi connectivity index (χ4n) is 1.12. The predicted molar refractivity (Wildman–Crippen MR) is 49.7 cm³/mol. The van der Waals surface area contributed by atoms with Gasteiger partial charge in [-0.05, 0) is 0 Å². The van der Waals surface area contributed by atoms with E-state index in [2.05, 4.69) is 10.6 Å². The van der Waals surface area contributed by atoms with E-state index in [-0.39, 0.29) is 35.3 Å². The maximum absolute atomic E-state index is 4.08. The topological polar surface area (TPSA) is 28.2 Å². The Morgan fingerprint density at radius 2 is 0.769 bits per heavy atom. The molecular formula is C8H18F2HfN2-2. The summed E-state index contributed by atoms with van der Waals surface area (Å²) in [5.41, 5.74) is 0. The van der Waals surface area contributed by atoms with Crippen molar-refractivity contribution in [1.82, 2.24) is 0 Å². The van der Waals surface area contributed by atoms with Crippen molar-refractivity contribution in [3.8, 4) is 0 Å². The predicted octanol–water partition coefficient (Wildman–Crippen LogP) is 2.61. The fourth-order valence-corrected chi connectivity index (χ4v) is 1.12. The molecular weight excluding hydrogens is 341 g/mol. The first-order valence-electron chi connectivity index (χ1n) is 4.26. The van der Waals surface area contributed by atoms with Crippen LogP contribution in [-0.2, 0) is 25.8 Å². The molecule has 2 saturated heterocycles. The molecule has 0 atom stereocenters. The molecule has 0 bridgehead atoms. The average molecular weight is 359 g/mol. The minimum absolute atomic E-state index is 0. The molecule has 2 aliphatic heterocycles. The van der Waals surface area contributed by atoms with Gasteiger partial charge >= 0.3 is 0 Å². The van der Waals surface area contributed by atoms with Gasteiger partial charge < -0.3 is 10.6 Å². The molecule has 0 radical (unpaired) electrons. The number of rotatable bonds is 0. The summed E-state index contributed by atoms with van der Waals surface area (Å²) < 4.78 is 0. The van der Waals surface area contributed by atoms with Gasteiger partial charge in [-0.15, -0.1) is 26.2 Å². The van der Waals surface area contributed by atoms with E-state index in [1.807, 2.05) is 0 Å². The minimum atomic E-state index is 0. The second-order valence-corrected chi connectivity index (χ2v) is 2.76. The minimum Gasteiger partial charge on any atom is -0.662 e. The van der Waals surface area contributed by atoms with E-state index < -0.39 is 0 Å². The van der Waals surface area contributed by atoms with Gasteiger partial charge in [0, 0.05) is 25.8 Å². The third-order valence-corrected chi connectivity index (χ3v) is 1.76. The molecule has 0 N–H and O–H groups in total. The molecule has 5 heteroatoms. The van der Waals surface area contributed by atoms with Crippen molar-refractivity contribution in [2.45, 2.75) is 25.7 Å². The summed E-state index contributed by atoms with van der Waals surface area (Å²) in [4.78, 5) is 0. The van der Waals surface area contributed by atoms with Gasteiger partial charge in [0.15, 0.2) is 0 Å². The normalized spacial score (nSPS) is 18.5. The number of nitrogens with zero attached hydrogens (tertiary/aromatic N) is 2. The van der Waals surface area contributed by atoms with Gasteiger partial charge in [0.1, 0.15) is 0 Å². The molecule has 0 amide bonds. The van der Waals surface area contributed by atoms with Crippen molar-refractivity contribution in [3.63, 3.8) is 0 Å². The third-order valence-electron chi connectivity index (χ3n) is 1.76. The third kappa shape index (κ3) is 12.7. The van der Waals surface area contributed by atoms with Gasteiger partial charge in [-0.1, -0.05) is 25.7 Å². The van der Waals surface area contributed by atoms with Crippen LogP contribution in [0.2, 0.25) is 0 Å².